The van der Waals surface area contributed by atoms with Gasteiger partial charge in [-0.2, -0.15) is 0 Å². The van der Waals surface area contributed by atoms with Crippen molar-refractivity contribution in [3.63, 3.8) is 0 Å². The Hall–Kier alpha value is -3.50. The molecule has 2 aromatic carbocycles. The zero-order valence-corrected chi connectivity index (χ0v) is 18.9. The lowest BCUT2D eigenvalue weighted by atomic mass is 9.72. The van der Waals surface area contributed by atoms with Crippen molar-refractivity contribution in [1.82, 2.24) is 14.4 Å². The highest BCUT2D eigenvalue weighted by Crippen LogP contribution is 2.40. The second-order valence-corrected chi connectivity index (χ2v) is 9.36. The third-order valence-electron chi connectivity index (χ3n) is 7.23. The van der Waals surface area contributed by atoms with Crippen LogP contribution in [0.15, 0.2) is 85.1 Å². The molecule has 0 bridgehead atoms. The molecule has 4 aromatic rings. The van der Waals surface area contributed by atoms with E-state index in [1.807, 2.05) is 0 Å². The first-order valence-electron chi connectivity index (χ1n) is 11.8. The Morgan fingerprint density at radius 2 is 1.73 bits per heavy atom. The van der Waals surface area contributed by atoms with Gasteiger partial charge in [-0.15, -0.1) is 0 Å². The number of allylic oxidation sites excluding steroid dienone is 4. The summed E-state index contributed by atoms with van der Waals surface area (Å²) in [7, 11) is 0. The molecule has 4 nitrogen and oxygen atoms in total. The van der Waals surface area contributed by atoms with E-state index in [0.717, 1.165) is 53.1 Å². The van der Waals surface area contributed by atoms with E-state index in [9.17, 15) is 0 Å². The molecule has 0 spiro atoms. The first-order chi connectivity index (χ1) is 16.1. The van der Waals surface area contributed by atoms with Crippen LogP contribution in [0.1, 0.15) is 48.6 Å². The summed E-state index contributed by atoms with van der Waals surface area (Å²) < 4.78 is 2.19. The maximum Gasteiger partial charge on any atom is 0.234 e. The normalized spacial score (nSPS) is 19.0. The molecule has 0 radical (unpaired) electrons. The van der Waals surface area contributed by atoms with Crippen molar-refractivity contribution in [2.45, 2.75) is 44.1 Å². The van der Waals surface area contributed by atoms with Gasteiger partial charge in [-0.05, 0) is 43.7 Å². The second kappa shape index (κ2) is 7.82. The zero-order valence-electron chi connectivity index (χ0n) is 18.9. The van der Waals surface area contributed by atoms with Gasteiger partial charge < -0.3 is 5.73 Å². The standard InChI is InChI=1S/C29H28N4/c1-20-27(23-11-6-3-7-12-23)33-19-25(21-9-4-2-5-10-21)26(32-28(33)31-20)22-13-15-24(16-14-22)29(30)17-8-18-29/h2-7,9-11,13-16,19,23H,8,12,17-18,30H2,1H3. The van der Waals surface area contributed by atoms with E-state index in [-0.39, 0.29) is 5.54 Å². The van der Waals surface area contributed by atoms with Crippen LogP contribution in [0, 0.1) is 6.92 Å². The monoisotopic (exact) mass is 432 g/mol. The Morgan fingerprint density at radius 1 is 0.939 bits per heavy atom. The van der Waals surface area contributed by atoms with Gasteiger partial charge >= 0.3 is 0 Å². The van der Waals surface area contributed by atoms with Gasteiger partial charge in [-0.3, -0.25) is 4.40 Å². The number of fused-ring (bicyclic) bond motifs is 1. The molecule has 1 fully saturated rings. The average Bonchev–Trinajstić information content (AvgIpc) is 3.17. The summed E-state index contributed by atoms with van der Waals surface area (Å²) in [6.45, 7) is 2.09. The number of aromatic nitrogens is 3. The van der Waals surface area contributed by atoms with Gasteiger partial charge in [0.05, 0.1) is 17.1 Å². The van der Waals surface area contributed by atoms with Crippen molar-refractivity contribution < 1.29 is 0 Å². The van der Waals surface area contributed by atoms with E-state index in [1.54, 1.807) is 0 Å². The van der Waals surface area contributed by atoms with Gasteiger partial charge in [0.2, 0.25) is 5.78 Å². The molecular weight excluding hydrogens is 404 g/mol. The number of imidazole rings is 1. The van der Waals surface area contributed by atoms with Crippen LogP contribution in [0.5, 0.6) is 0 Å². The van der Waals surface area contributed by atoms with Gasteiger partial charge in [0.25, 0.3) is 0 Å². The summed E-state index contributed by atoms with van der Waals surface area (Å²) in [6, 6.07) is 19.2. The summed E-state index contributed by atoms with van der Waals surface area (Å²) in [4.78, 5) is 9.96. The second-order valence-electron chi connectivity index (χ2n) is 9.36. The van der Waals surface area contributed by atoms with E-state index >= 15 is 0 Å². The van der Waals surface area contributed by atoms with Crippen molar-refractivity contribution in [3.05, 3.63) is 102 Å². The number of hydrogen-bond acceptors (Lipinski definition) is 3. The molecule has 1 saturated carbocycles. The van der Waals surface area contributed by atoms with Crippen LogP contribution in [0.2, 0.25) is 0 Å². The molecular formula is C29H28N4. The third kappa shape index (κ3) is 3.42. The molecule has 164 valence electrons. The fourth-order valence-corrected chi connectivity index (χ4v) is 5.19. The zero-order chi connectivity index (χ0) is 22.4. The van der Waals surface area contributed by atoms with Crippen LogP contribution in [0.3, 0.4) is 0 Å². The van der Waals surface area contributed by atoms with Crippen LogP contribution >= 0.6 is 0 Å². The van der Waals surface area contributed by atoms with Crippen molar-refractivity contribution >= 4 is 5.78 Å². The molecule has 0 saturated heterocycles. The highest BCUT2D eigenvalue weighted by molar-refractivity contribution is 5.81. The van der Waals surface area contributed by atoms with Crippen molar-refractivity contribution in [1.29, 1.82) is 0 Å². The van der Waals surface area contributed by atoms with Gasteiger partial charge in [-0.25, -0.2) is 9.97 Å². The van der Waals surface area contributed by atoms with E-state index in [2.05, 4.69) is 96.4 Å². The predicted molar refractivity (Wildman–Crippen MR) is 134 cm³/mol. The molecule has 33 heavy (non-hydrogen) atoms. The minimum absolute atomic E-state index is 0.158. The lowest BCUT2D eigenvalue weighted by molar-refractivity contribution is 0.253. The summed E-state index contributed by atoms with van der Waals surface area (Å²) >= 11 is 0. The Balaban J connectivity index is 1.52. The molecule has 0 aliphatic heterocycles. The lowest BCUT2D eigenvalue weighted by Gasteiger charge is -2.38. The van der Waals surface area contributed by atoms with Crippen LogP contribution in [0.4, 0.5) is 0 Å². The molecule has 4 heteroatoms. The quantitative estimate of drug-likeness (QED) is 0.411. The Bertz CT molecular complexity index is 1370. The van der Waals surface area contributed by atoms with E-state index in [4.69, 9.17) is 15.7 Å². The van der Waals surface area contributed by atoms with E-state index in [1.165, 1.54) is 17.7 Å². The molecule has 0 amide bonds. The predicted octanol–water partition coefficient (Wildman–Crippen LogP) is 6.31. The third-order valence-corrected chi connectivity index (χ3v) is 7.23. The first-order valence-corrected chi connectivity index (χ1v) is 11.8. The Labute approximate surface area is 194 Å². The van der Waals surface area contributed by atoms with Crippen LogP contribution in [-0.4, -0.2) is 14.4 Å². The average molecular weight is 433 g/mol. The topological polar surface area (TPSA) is 56.2 Å². The molecule has 2 aliphatic rings. The smallest absolute Gasteiger partial charge is 0.234 e. The summed E-state index contributed by atoms with van der Waals surface area (Å²) in [6.07, 6.45) is 15.3. The van der Waals surface area contributed by atoms with Crippen molar-refractivity contribution in [3.8, 4) is 22.4 Å². The molecule has 6 rings (SSSR count). The van der Waals surface area contributed by atoms with Gasteiger partial charge in [-0.1, -0.05) is 78.9 Å². The van der Waals surface area contributed by atoms with Gasteiger partial charge in [0, 0.05) is 28.8 Å². The van der Waals surface area contributed by atoms with E-state index < -0.39 is 0 Å². The minimum atomic E-state index is -0.158. The van der Waals surface area contributed by atoms with Gasteiger partial charge in [0.15, 0.2) is 0 Å². The Kier molecular flexibility index (Phi) is 4.77. The molecule has 2 heterocycles. The lowest BCUT2D eigenvalue weighted by Crippen LogP contribution is -2.43. The molecule has 2 aliphatic carbocycles. The number of nitrogens with zero attached hydrogens (tertiary/aromatic N) is 3. The Morgan fingerprint density at radius 3 is 2.39 bits per heavy atom. The molecule has 2 aromatic heterocycles. The largest absolute Gasteiger partial charge is 0.321 e. The highest BCUT2D eigenvalue weighted by atomic mass is 15.1. The summed E-state index contributed by atoms with van der Waals surface area (Å²) in [5.74, 6) is 1.06. The SMILES string of the molecule is Cc1nc2nc(-c3ccc(C4(N)CCC4)cc3)c(-c3ccccc3)cn2c1C1C=CC=CC1. The van der Waals surface area contributed by atoms with Crippen LogP contribution in [0.25, 0.3) is 28.2 Å². The maximum absolute atomic E-state index is 6.56. The minimum Gasteiger partial charge on any atom is -0.321 e. The summed E-state index contributed by atoms with van der Waals surface area (Å²) in [5, 5.41) is 0. The van der Waals surface area contributed by atoms with Crippen molar-refractivity contribution in [2.75, 3.05) is 0 Å². The molecule has 1 atom stereocenters. The first kappa shape index (κ1) is 20.1. The number of hydrogen-bond donors (Lipinski definition) is 1. The van der Waals surface area contributed by atoms with Gasteiger partial charge in [0.1, 0.15) is 0 Å². The summed E-state index contributed by atoms with van der Waals surface area (Å²) in [5.41, 5.74) is 14.2. The van der Waals surface area contributed by atoms with E-state index in [0.29, 0.717) is 5.92 Å². The van der Waals surface area contributed by atoms with Crippen LogP contribution < -0.4 is 5.73 Å². The number of benzene rings is 2. The molecule has 1 unspecified atom stereocenters. The number of nitrogens with two attached hydrogens (primary N) is 1. The van der Waals surface area contributed by atoms with Crippen molar-refractivity contribution in [2.24, 2.45) is 5.73 Å². The number of rotatable bonds is 4. The van der Waals surface area contributed by atoms with Crippen LogP contribution in [-0.2, 0) is 5.54 Å². The maximum atomic E-state index is 6.56. The molecule has 2 N–H and O–H groups in total. The number of aryl methyl sites for hydroxylation is 1. The fourth-order valence-electron chi connectivity index (χ4n) is 5.19. The fraction of sp³-hybridized carbons (Fsp3) is 0.241. The highest BCUT2D eigenvalue weighted by Gasteiger charge is 2.34.